The maximum atomic E-state index is 12.8. The van der Waals surface area contributed by atoms with Crippen LogP contribution in [0, 0.1) is 0 Å². The van der Waals surface area contributed by atoms with Gasteiger partial charge in [0, 0.05) is 22.5 Å². The lowest BCUT2D eigenvalue weighted by Crippen LogP contribution is -2.13. The number of rotatable bonds is 6. The molecule has 3 aromatic carbocycles. The van der Waals surface area contributed by atoms with E-state index in [0.717, 1.165) is 32.1 Å². The Hall–Kier alpha value is -3.24. The molecule has 0 radical (unpaired) electrons. The van der Waals surface area contributed by atoms with Gasteiger partial charge in [-0.15, -0.1) is 22.7 Å². The van der Waals surface area contributed by atoms with E-state index in [1.807, 2.05) is 24.3 Å². The molecule has 5 aromatic rings. The number of carbonyl (C=O) groups excluding carboxylic acids is 1. The van der Waals surface area contributed by atoms with E-state index in [2.05, 4.69) is 15.0 Å². The smallest absolute Gasteiger partial charge is 0.271 e. The van der Waals surface area contributed by atoms with Crippen molar-refractivity contribution in [3.63, 3.8) is 0 Å². The predicted octanol–water partition coefficient (Wildman–Crippen LogP) is 6.73. The van der Waals surface area contributed by atoms with Crippen LogP contribution in [0.5, 0.6) is 0 Å². The third-order valence-corrected chi connectivity index (χ3v) is 9.09. The van der Waals surface area contributed by atoms with Crippen LogP contribution in [0.15, 0.2) is 88.5 Å². The van der Waals surface area contributed by atoms with Crippen LogP contribution < -0.4 is 10.0 Å². The predicted molar refractivity (Wildman–Crippen MR) is 140 cm³/mol. The van der Waals surface area contributed by atoms with Crippen molar-refractivity contribution in [1.29, 1.82) is 0 Å². The van der Waals surface area contributed by atoms with E-state index in [1.54, 1.807) is 53.9 Å². The van der Waals surface area contributed by atoms with Crippen molar-refractivity contribution in [3.8, 4) is 10.6 Å². The molecule has 0 bridgehead atoms. The molecule has 0 unspecified atom stereocenters. The van der Waals surface area contributed by atoms with E-state index in [4.69, 9.17) is 11.6 Å². The third kappa shape index (κ3) is 4.69. The molecule has 0 saturated heterocycles. The molecule has 0 aliphatic carbocycles. The number of fused-ring (bicyclic) bond motifs is 1. The fourth-order valence-corrected chi connectivity index (χ4v) is 6.58. The Balaban J connectivity index is 1.33. The largest absolute Gasteiger partial charge is 0.322 e. The fraction of sp³-hybridized carbons (Fsp3) is 0. The number of hydrogen-bond acceptors (Lipinski definition) is 6. The van der Waals surface area contributed by atoms with Gasteiger partial charge in [-0.05, 0) is 66.0 Å². The summed E-state index contributed by atoms with van der Waals surface area (Å²) in [7, 11) is -3.65. The number of carbonyl (C=O) groups is 1. The number of hydrogen-bond donors (Lipinski definition) is 2. The van der Waals surface area contributed by atoms with Gasteiger partial charge in [0.15, 0.2) is 0 Å². The Kier molecular flexibility index (Phi) is 6.09. The second-order valence-corrected chi connectivity index (χ2v) is 11.5. The van der Waals surface area contributed by atoms with E-state index < -0.39 is 10.0 Å². The summed E-state index contributed by atoms with van der Waals surface area (Å²) in [5.41, 5.74) is 2.96. The van der Waals surface area contributed by atoms with Gasteiger partial charge < -0.3 is 5.32 Å². The molecule has 0 fully saturated rings. The number of anilines is 2. The molecule has 2 N–H and O–H groups in total. The van der Waals surface area contributed by atoms with Crippen molar-refractivity contribution in [2.75, 3.05) is 10.0 Å². The number of halogens is 1. The summed E-state index contributed by atoms with van der Waals surface area (Å²) >= 11 is 9.08. The van der Waals surface area contributed by atoms with Crippen molar-refractivity contribution < 1.29 is 13.2 Å². The molecule has 6 nitrogen and oxygen atoms in total. The van der Waals surface area contributed by atoms with E-state index in [-0.39, 0.29) is 10.1 Å². The highest BCUT2D eigenvalue weighted by atomic mass is 35.5. The number of nitrogens with one attached hydrogen (secondary N) is 2. The van der Waals surface area contributed by atoms with E-state index >= 15 is 0 Å². The van der Waals surface area contributed by atoms with Gasteiger partial charge >= 0.3 is 0 Å². The SMILES string of the molecule is O=C(Nc1ccc(Cl)c(-c2nc3ccccc3s2)c1)c1ccc(NS(=O)(=O)c2cccs2)cc1. The highest BCUT2D eigenvalue weighted by Gasteiger charge is 2.16. The first kappa shape index (κ1) is 22.5. The summed E-state index contributed by atoms with van der Waals surface area (Å²) in [4.78, 5) is 17.4. The van der Waals surface area contributed by atoms with Crippen LogP contribution in [0.25, 0.3) is 20.8 Å². The van der Waals surface area contributed by atoms with E-state index in [9.17, 15) is 13.2 Å². The molecule has 0 saturated carbocycles. The van der Waals surface area contributed by atoms with Crippen LogP contribution >= 0.6 is 34.3 Å². The molecule has 34 heavy (non-hydrogen) atoms. The first-order chi connectivity index (χ1) is 16.4. The summed E-state index contributed by atoms with van der Waals surface area (Å²) in [6.45, 7) is 0. The van der Waals surface area contributed by atoms with Crippen molar-refractivity contribution in [2.45, 2.75) is 4.21 Å². The zero-order chi connectivity index (χ0) is 23.7. The Morgan fingerprint density at radius 1 is 0.912 bits per heavy atom. The first-order valence-electron chi connectivity index (χ1n) is 10.0. The van der Waals surface area contributed by atoms with Crippen molar-refractivity contribution >= 4 is 71.8 Å². The Bertz CT molecular complexity index is 1560. The average molecular weight is 526 g/mol. The van der Waals surface area contributed by atoms with Crippen LogP contribution in [0.1, 0.15) is 10.4 Å². The molecular weight excluding hydrogens is 510 g/mol. The molecular formula is C24H16ClN3O3S3. The molecule has 2 heterocycles. The maximum absolute atomic E-state index is 12.8. The second kappa shape index (κ2) is 9.19. The quantitative estimate of drug-likeness (QED) is 0.257. The summed E-state index contributed by atoms with van der Waals surface area (Å²) in [6.07, 6.45) is 0. The molecule has 0 aliphatic rings. The molecule has 2 aromatic heterocycles. The number of aromatic nitrogens is 1. The van der Waals surface area contributed by atoms with Crippen LogP contribution in [-0.2, 0) is 10.0 Å². The summed E-state index contributed by atoms with van der Waals surface area (Å²) in [5.74, 6) is -0.328. The minimum Gasteiger partial charge on any atom is -0.322 e. The summed E-state index contributed by atoms with van der Waals surface area (Å²) in [6, 6.07) is 22.5. The van der Waals surface area contributed by atoms with E-state index in [1.165, 1.54) is 17.4 Å². The Labute approximate surface area is 208 Å². The van der Waals surface area contributed by atoms with Crippen LogP contribution in [0.2, 0.25) is 5.02 Å². The Morgan fingerprint density at radius 3 is 2.41 bits per heavy atom. The molecule has 5 rings (SSSR count). The normalized spacial score (nSPS) is 11.4. The number of sulfonamides is 1. The monoisotopic (exact) mass is 525 g/mol. The van der Waals surface area contributed by atoms with Gasteiger partial charge in [-0.2, -0.15) is 0 Å². The highest BCUT2D eigenvalue weighted by Crippen LogP contribution is 2.36. The van der Waals surface area contributed by atoms with Gasteiger partial charge in [0.25, 0.3) is 15.9 Å². The lowest BCUT2D eigenvalue weighted by molar-refractivity contribution is 0.102. The lowest BCUT2D eigenvalue weighted by atomic mass is 10.1. The molecule has 0 atom stereocenters. The number of amides is 1. The Morgan fingerprint density at radius 2 is 1.68 bits per heavy atom. The molecule has 10 heteroatoms. The standard InChI is InChI=1S/C24H16ClN3O3S3/c25-19-12-11-17(14-18(19)24-27-20-4-1-2-5-21(20)33-24)26-23(29)15-7-9-16(10-8-15)28-34(30,31)22-6-3-13-32-22/h1-14,28H,(H,26,29). The highest BCUT2D eigenvalue weighted by molar-refractivity contribution is 7.94. The van der Waals surface area contributed by atoms with Crippen molar-refractivity contribution in [2.24, 2.45) is 0 Å². The van der Waals surface area contributed by atoms with Gasteiger partial charge in [0.2, 0.25) is 0 Å². The minimum atomic E-state index is -3.65. The van der Waals surface area contributed by atoms with Gasteiger partial charge in [-0.25, -0.2) is 13.4 Å². The van der Waals surface area contributed by atoms with E-state index in [0.29, 0.717) is 22.0 Å². The molecule has 0 spiro atoms. The first-order valence-corrected chi connectivity index (χ1v) is 13.6. The van der Waals surface area contributed by atoms with Gasteiger partial charge in [0.05, 0.1) is 15.2 Å². The third-order valence-electron chi connectivity index (χ3n) is 4.91. The number of nitrogens with zero attached hydrogens (tertiary/aromatic N) is 1. The number of thiophene rings is 1. The van der Waals surface area contributed by atoms with Crippen LogP contribution in [0.3, 0.4) is 0 Å². The van der Waals surface area contributed by atoms with Gasteiger partial charge in [-0.3, -0.25) is 9.52 Å². The maximum Gasteiger partial charge on any atom is 0.271 e. The number of thiazole rings is 1. The fourth-order valence-electron chi connectivity index (χ4n) is 3.27. The summed E-state index contributed by atoms with van der Waals surface area (Å²) in [5, 5.41) is 5.87. The number of para-hydroxylation sites is 1. The molecule has 170 valence electrons. The van der Waals surface area contributed by atoms with Crippen molar-refractivity contribution in [1.82, 2.24) is 4.98 Å². The zero-order valence-electron chi connectivity index (χ0n) is 17.4. The number of benzene rings is 3. The van der Waals surface area contributed by atoms with Gasteiger partial charge in [-0.1, -0.05) is 29.8 Å². The average Bonchev–Trinajstić information content (AvgIpc) is 3.51. The summed E-state index contributed by atoms with van der Waals surface area (Å²) < 4.78 is 28.5. The van der Waals surface area contributed by atoms with Crippen LogP contribution in [0.4, 0.5) is 11.4 Å². The molecule has 0 aliphatic heterocycles. The topological polar surface area (TPSA) is 88.2 Å². The van der Waals surface area contributed by atoms with Gasteiger partial charge in [0.1, 0.15) is 9.22 Å². The zero-order valence-corrected chi connectivity index (χ0v) is 20.6. The van der Waals surface area contributed by atoms with Crippen LogP contribution in [-0.4, -0.2) is 19.3 Å². The minimum absolute atomic E-state index is 0.223. The lowest BCUT2D eigenvalue weighted by Gasteiger charge is -2.09. The van der Waals surface area contributed by atoms with Crippen molar-refractivity contribution in [3.05, 3.63) is 94.8 Å². The second-order valence-electron chi connectivity index (χ2n) is 7.25. The molecule has 1 amide bonds.